The second kappa shape index (κ2) is 6.41. The smallest absolute Gasteiger partial charge is 0.332 e. The van der Waals surface area contributed by atoms with E-state index < -0.39 is 5.69 Å². The van der Waals surface area contributed by atoms with Gasteiger partial charge in [-0.25, -0.2) is 14.8 Å². The Morgan fingerprint density at radius 2 is 2.00 bits per heavy atom. The molecule has 1 saturated heterocycles. The highest BCUT2D eigenvalue weighted by Gasteiger charge is 2.30. The maximum Gasteiger partial charge on any atom is 0.332 e. The second-order valence-corrected chi connectivity index (χ2v) is 7.67. The van der Waals surface area contributed by atoms with Gasteiger partial charge < -0.3 is 4.90 Å². The molecule has 0 aliphatic carbocycles. The molecule has 0 spiro atoms. The molecule has 0 bridgehead atoms. The molecule has 0 unspecified atom stereocenters. The van der Waals surface area contributed by atoms with Crippen LogP contribution in [0.2, 0.25) is 0 Å². The number of aromatic nitrogens is 4. The van der Waals surface area contributed by atoms with Gasteiger partial charge in [0.05, 0.1) is 16.6 Å². The molecule has 9 heteroatoms. The minimum absolute atomic E-state index is 0.000409. The lowest BCUT2D eigenvalue weighted by Gasteiger charge is -2.16. The summed E-state index contributed by atoms with van der Waals surface area (Å²) in [6.07, 6.45) is 0.793. The van der Waals surface area contributed by atoms with Gasteiger partial charge in [-0.15, -0.1) is 11.3 Å². The first-order valence-corrected chi connectivity index (χ1v) is 9.52. The molecule has 3 aromatic heterocycles. The number of nitrogens with zero attached hydrogens (tertiary/aromatic N) is 5. The van der Waals surface area contributed by atoms with Gasteiger partial charge in [0.25, 0.3) is 11.5 Å². The topological polar surface area (TPSA) is 90.1 Å². The Labute approximate surface area is 158 Å². The van der Waals surface area contributed by atoms with Gasteiger partial charge >= 0.3 is 5.69 Å². The van der Waals surface area contributed by atoms with Gasteiger partial charge in [0.2, 0.25) is 0 Å². The van der Waals surface area contributed by atoms with E-state index >= 15 is 0 Å². The minimum atomic E-state index is -0.402. The summed E-state index contributed by atoms with van der Waals surface area (Å²) in [5, 5.41) is 0.412. The third kappa shape index (κ3) is 2.78. The van der Waals surface area contributed by atoms with Gasteiger partial charge in [0.1, 0.15) is 10.5 Å². The molecule has 0 N–H and O–H groups in total. The third-order valence-corrected chi connectivity index (χ3v) is 6.07. The zero-order valence-electron chi connectivity index (χ0n) is 15.3. The van der Waals surface area contributed by atoms with E-state index in [2.05, 4.69) is 9.97 Å². The molecular weight excluding hydrogens is 366 g/mol. The number of fused-ring (bicyclic) bond motifs is 1. The summed E-state index contributed by atoms with van der Waals surface area (Å²) in [6, 6.07) is 3.54. The summed E-state index contributed by atoms with van der Waals surface area (Å²) in [5.41, 5.74) is 2.85. The maximum absolute atomic E-state index is 12.7. The molecule has 1 atom stereocenters. The quantitative estimate of drug-likeness (QED) is 0.657. The number of hydrogen-bond acceptors (Lipinski definition) is 6. The van der Waals surface area contributed by atoms with Crippen LogP contribution in [0.4, 0.5) is 0 Å². The summed E-state index contributed by atoms with van der Waals surface area (Å²) < 4.78 is 2.47. The highest BCUT2D eigenvalue weighted by molar-refractivity contribution is 7.11. The van der Waals surface area contributed by atoms with Gasteiger partial charge in [-0.3, -0.25) is 18.7 Å². The van der Waals surface area contributed by atoms with E-state index in [0.29, 0.717) is 29.0 Å². The second-order valence-electron chi connectivity index (χ2n) is 6.82. The molecule has 1 aliphatic rings. The predicted molar refractivity (Wildman–Crippen MR) is 102 cm³/mol. The Bertz CT molecular complexity index is 1180. The lowest BCUT2D eigenvalue weighted by molar-refractivity contribution is 0.0794. The van der Waals surface area contributed by atoms with E-state index in [4.69, 9.17) is 0 Å². The average Bonchev–Trinajstić information content (AvgIpc) is 3.33. The molecule has 3 aromatic rings. The largest absolute Gasteiger partial charge is 0.337 e. The molecule has 0 saturated carbocycles. The van der Waals surface area contributed by atoms with Crippen LogP contribution < -0.4 is 11.2 Å². The van der Waals surface area contributed by atoms with Crippen LogP contribution in [0.5, 0.6) is 0 Å². The third-order valence-electron chi connectivity index (χ3n) is 5.16. The summed E-state index contributed by atoms with van der Waals surface area (Å²) in [6.45, 7) is 3.05. The van der Waals surface area contributed by atoms with Gasteiger partial charge in [0.15, 0.2) is 0 Å². The molecule has 4 heterocycles. The number of pyridine rings is 1. The lowest BCUT2D eigenvalue weighted by atomic mass is 10.0. The number of carbonyl (C=O) groups excluding carboxylic acids is 1. The number of rotatable bonds is 2. The number of carbonyl (C=O) groups is 1. The molecule has 1 fully saturated rings. The zero-order valence-corrected chi connectivity index (χ0v) is 16.1. The van der Waals surface area contributed by atoms with Crippen molar-refractivity contribution < 1.29 is 4.79 Å². The molecule has 1 aliphatic heterocycles. The Morgan fingerprint density at radius 1 is 1.22 bits per heavy atom. The van der Waals surface area contributed by atoms with Crippen molar-refractivity contribution in [1.82, 2.24) is 24.0 Å². The summed E-state index contributed by atoms with van der Waals surface area (Å²) in [4.78, 5) is 48.4. The summed E-state index contributed by atoms with van der Waals surface area (Å²) in [7, 11) is 3.07. The number of amides is 1. The Morgan fingerprint density at radius 3 is 2.70 bits per heavy atom. The van der Waals surface area contributed by atoms with Crippen molar-refractivity contribution in [3.8, 4) is 0 Å². The van der Waals surface area contributed by atoms with Crippen molar-refractivity contribution in [3.63, 3.8) is 0 Å². The molecule has 27 heavy (non-hydrogen) atoms. The monoisotopic (exact) mass is 385 g/mol. The fourth-order valence-electron chi connectivity index (χ4n) is 3.53. The highest BCUT2D eigenvalue weighted by Crippen LogP contribution is 2.28. The number of likely N-dealkylation sites (tertiary alicyclic amines) is 1. The van der Waals surface area contributed by atoms with Crippen LogP contribution in [0.3, 0.4) is 0 Å². The van der Waals surface area contributed by atoms with Crippen LogP contribution in [0, 0.1) is 6.92 Å². The number of thiazole rings is 1. The molecule has 140 valence electrons. The average molecular weight is 385 g/mol. The lowest BCUT2D eigenvalue weighted by Crippen LogP contribution is -2.37. The van der Waals surface area contributed by atoms with Crippen molar-refractivity contribution in [2.24, 2.45) is 14.1 Å². The van der Waals surface area contributed by atoms with Crippen molar-refractivity contribution in [2.75, 3.05) is 13.1 Å². The predicted octanol–water partition coefficient (Wildman–Crippen LogP) is 1.03. The SMILES string of the molecule is Cc1ncsc1C(=O)N1CC[C@@H](c2ccc3c(=O)n(C)c(=O)n(C)c3n2)C1. The van der Waals surface area contributed by atoms with E-state index in [0.717, 1.165) is 22.4 Å². The van der Waals surface area contributed by atoms with Crippen molar-refractivity contribution in [1.29, 1.82) is 0 Å². The van der Waals surface area contributed by atoms with Crippen LogP contribution in [-0.4, -0.2) is 43.0 Å². The highest BCUT2D eigenvalue weighted by atomic mass is 32.1. The Kier molecular flexibility index (Phi) is 4.18. The van der Waals surface area contributed by atoms with E-state index in [9.17, 15) is 14.4 Å². The Balaban J connectivity index is 1.66. The maximum atomic E-state index is 12.7. The van der Waals surface area contributed by atoms with Crippen LogP contribution in [-0.2, 0) is 14.1 Å². The normalized spacial score (nSPS) is 17.0. The van der Waals surface area contributed by atoms with Crippen molar-refractivity contribution in [3.05, 3.63) is 54.7 Å². The first-order chi connectivity index (χ1) is 12.9. The van der Waals surface area contributed by atoms with E-state index in [-0.39, 0.29) is 17.4 Å². The standard InChI is InChI=1S/C18H19N5O3S/c1-10-14(27-9-19-10)17(25)23-7-6-11(8-23)13-5-4-12-15(20-13)21(2)18(26)22(3)16(12)24/h4-5,9,11H,6-8H2,1-3H3/t11-/m1/s1. The Hall–Kier alpha value is -2.81. The van der Waals surface area contributed by atoms with Crippen molar-refractivity contribution >= 4 is 28.3 Å². The van der Waals surface area contributed by atoms with Crippen LogP contribution in [0.15, 0.2) is 27.2 Å². The van der Waals surface area contributed by atoms with Gasteiger partial charge in [-0.05, 0) is 25.5 Å². The number of hydrogen-bond donors (Lipinski definition) is 0. The zero-order chi connectivity index (χ0) is 19.3. The van der Waals surface area contributed by atoms with Gasteiger partial charge in [-0.2, -0.15) is 0 Å². The first-order valence-electron chi connectivity index (χ1n) is 8.64. The fraction of sp³-hybridized carbons (Fsp3) is 0.389. The molecule has 0 radical (unpaired) electrons. The van der Waals surface area contributed by atoms with Crippen LogP contribution in [0.25, 0.3) is 11.0 Å². The molecule has 0 aromatic carbocycles. The van der Waals surface area contributed by atoms with E-state index in [1.807, 2.05) is 17.9 Å². The van der Waals surface area contributed by atoms with Crippen LogP contribution in [0.1, 0.15) is 33.4 Å². The van der Waals surface area contributed by atoms with E-state index in [1.54, 1.807) is 18.6 Å². The minimum Gasteiger partial charge on any atom is -0.337 e. The van der Waals surface area contributed by atoms with Gasteiger partial charge in [-0.1, -0.05) is 0 Å². The van der Waals surface area contributed by atoms with Gasteiger partial charge in [0, 0.05) is 38.8 Å². The summed E-state index contributed by atoms with van der Waals surface area (Å²) in [5.74, 6) is 0.0743. The molecule has 8 nitrogen and oxygen atoms in total. The van der Waals surface area contributed by atoms with E-state index in [1.165, 1.54) is 23.0 Å². The van der Waals surface area contributed by atoms with Crippen molar-refractivity contribution in [2.45, 2.75) is 19.3 Å². The molecule has 1 amide bonds. The molecule has 4 rings (SSSR count). The summed E-state index contributed by atoms with van der Waals surface area (Å²) >= 11 is 1.36. The fourth-order valence-corrected chi connectivity index (χ4v) is 4.30. The first kappa shape index (κ1) is 17.6. The number of aryl methyl sites for hydroxylation is 2. The molecular formula is C18H19N5O3S. The van der Waals surface area contributed by atoms with Crippen LogP contribution >= 0.6 is 11.3 Å².